The van der Waals surface area contributed by atoms with Crippen LogP contribution in [0.1, 0.15) is 30.0 Å². The number of nitrogens with two attached hydrogens (primary N) is 1. The topological polar surface area (TPSA) is 134 Å². The third kappa shape index (κ3) is 7.68. The molecule has 2 aromatic rings. The number of nitrogens with one attached hydrogen (secondary N) is 1. The number of piperidine rings is 1. The average Bonchev–Trinajstić information content (AvgIpc) is 2.90. The molecule has 2 fully saturated rings. The fraction of sp³-hybridized carbons (Fsp3) is 0.423. The molecule has 1 atom stereocenters. The van der Waals surface area contributed by atoms with Crippen LogP contribution in [-0.4, -0.2) is 89.3 Å². The monoisotopic (exact) mass is 535 g/mol. The number of likely N-dealkylation sites (tertiary alicyclic amines) is 1. The van der Waals surface area contributed by atoms with E-state index < -0.39 is 24.2 Å². The summed E-state index contributed by atoms with van der Waals surface area (Å²) in [6.07, 6.45) is -3.08. The summed E-state index contributed by atoms with van der Waals surface area (Å²) in [4.78, 5) is 27.9. The fourth-order valence-electron chi connectivity index (χ4n) is 4.85. The van der Waals surface area contributed by atoms with E-state index in [1.165, 1.54) is 5.69 Å². The Morgan fingerprint density at radius 1 is 0.895 bits per heavy atom. The molecule has 1 unspecified atom stereocenters. The number of alkyl halides is 3. The van der Waals surface area contributed by atoms with E-state index in [4.69, 9.17) is 21.0 Å². The highest BCUT2D eigenvalue weighted by atomic mass is 19.4. The molecular formula is C26H32F3N5O4. The van der Waals surface area contributed by atoms with E-state index in [0.29, 0.717) is 6.04 Å². The standard InChI is InChI=1S/C24H31N5O2.C2HF3O2/c25-23(26)19-6-8-20(9-7-19)27-14-16-28(17-15-27)21-10-12-29(13-11-21)22(24(30)31)18-4-2-1-3-5-18;3-2(4,5)1(6)7/h1-9,21-22H,10-17H2,(H3,25,26)(H,30,31);(H,6,7). The number of carboxylic acids is 2. The van der Waals surface area contributed by atoms with Gasteiger partial charge in [-0.15, -0.1) is 0 Å². The SMILES string of the molecule is N=C(N)c1ccc(N2CCN(C3CCN(C(C(=O)O)c4ccccc4)CC3)CC2)cc1.O=C(O)C(F)(F)F. The van der Waals surface area contributed by atoms with Gasteiger partial charge < -0.3 is 20.8 Å². The number of nitrogens with zero attached hydrogens (tertiary/aromatic N) is 3. The Morgan fingerprint density at radius 3 is 1.87 bits per heavy atom. The number of hydrogen-bond donors (Lipinski definition) is 4. The minimum atomic E-state index is -5.08. The lowest BCUT2D eigenvalue weighted by Gasteiger charge is -2.44. The first-order valence-electron chi connectivity index (χ1n) is 12.2. The number of halogens is 3. The van der Waals surface area contributed by atoms with E-state index in [1.54, 1.807) is 0 Å². The summed E-state index contributed by atoms with van der Waals surface area (Å²) < 4.78 is 31.7. The van der Waals surface area contributed by atoms with Crippen LogP contribution in [0.3, 0.4) is 0 Å². The lowest BCUT2D eigenvalue weighted by atomic mass is 9.97. The van der Waals surface area contributed by atoms with Gasteiger partial charge in [0.05, 0.1) is 0 Å². The van der Waals surface area contributed by atoms with Gasteiger partial charge in [0.15, 0.2) is 0 Å². The zero-order valence-electron chi connectivity index (χ0n) is 20.8. The van der Waals surface area contributed by atoms with E-state index in [1.807, 2.05) is 54.6 Å². The van der Waals surface area contributed by atoms with Crippen molar-refractivity contribution < 1.29 is 33.0 Å². The van der Waals surface area contributed by atoms with Crippen molar-refractivity contribution in [2.24, 2.45) is 5.73 Å². The molecule has 2 aliphatic rings. The first-order chi connectivity index (χ1) is 18.0. The van der Waals surface area contributed by atoms with Gasteiger partial charge in [-0.3, -0.25) is 20.0 Å². The van der Waals surface area contributed by atoms with Gasteiger partial charge in [0.25, 0.3) is 0 Å². The minimum Gasteiger partial charge on any atom is -0.480 e. The number of carboxylic acid groups (broad SMARTS) is 2. The largest absolute Gasteiger partial charge is 0.490 e. The Kier molecular flexibility index (Phi) is 9.70. The highest BCUT2D eigenvalue weighted by Crippen LogP contribution is 2.28. The van der Waals surface area contributed by atoms with Crippen LogP contribution < -0.4 is 10.6 Å². The third-order valence-corrected chi connectivity index (χ3v) is 6.83. The third-order valence-electron chi connectivity index (χ3n) is 6.83. The molecule has 9 nitrogen and oxygen atoms in total. The number of piperazine rings is 1. The van der Waals surface area contributed by atoms with E-state index in [2.05, 4.69) is 14.7 Å². The molecule has 38 heavy (non-hydrogen) atoms. The van der Waals surface area contributed by atoms with Crippen LogP contribution in [0.2, 0.25) is 0 Å². The van der Waals surface area contributed by atoms with Crippen molar-refractivity contribution in [2.75, 3.05) is 44.2 Å². The summed E-state index contributed by atoms with van der Waals surface area (Å²) in [5, 5.41) is 24.5. The molecule has 0 aromatic heterocycles. The van der Waals surface area contributed by atoms with E-state index in [9.17, 15) is 23.1 Å². The number of carbonyl (C=O) groups is 2. The predicted molar refractivity (Wildman–Crippen MR) is 136 cm³/mol. The number of amidine groups is 1. The Hall–Kier alpha value is -3.64. The van der Waals surface area contributed by atoms with Gasteiger partial charge in [-0.25, -0.2) is 4.79 Å². The van der Waals surface area contributed by atoms with E-state index in [-0.39, 0.29) is 5.84 Å². The molecule has 0 amide bonds. The molecule has 0 radical (unpaired) electrons. The van der Waals surface area contributed by atoms with Gasteiger partial charge in [0.1, 0.15) is 11.9 Å². The predicted octanol–water partition coefficient (Wildman–Crippen LogP) is 3.02. The molecular weight excluding hydrogens is 503 g/mol. The molecule has 5 N–H and O–H groups in total. The van der Waals surface area contributed by atoms with Gasteiger partial charge >= 0.3 is 18.1 Å². The summed E-state index contributed by atoms with van der Waals surface area (Å²) in [7, 11) is 0. The molecule has 2 aromatic carbocycles. The van der Waals surface area contributed by atoms with Crippen LogP contribution in [0.25, 0.3) is 0 Å². The second-order valence-electron chi connectivity index (χ2n) is 9.21. The first kappa shape index (κ1) is 28.9. The molecule has 12 heteroatoms. The molecule has 4 rings (SSSR count). The van der Waals surface area contributed by atoms with Crippen molar-refractivity contribution in [3.63, 3.8) is 0 Å². The molecule has 0 aliphatic carbocycles. The summed E-state index contributed by atoms with van der Waals surface area (Å²) in [6.45, 7) is 5.59. The number of benzene rings is 2. The maximum Gasteiger partial charge on any atom is 0.490 e. The van der Waals surface area contributed by atoms with Crippen LogP contribution in [0.15, 0.2) is 54.6 Å². The van der Waals surface area contributed by atoms with Crippen LogP contribution >= 0.6 is 0 Å². The Morgan fingerprint density at radius 2 is 1.42 bits per heavy atom. The fourth-order valence-corrected chi connectivity index (χ4v) is 4.85. The normalized spacial score (nSPS) is 18.2. The van der Waals surface area contributed by atoms with Gasteiger partial charge in [0.2, 0.25) is 0 Å². The van der Waals surface area contributed by atoms with Crippen molar-refractivity contribution >= 4 is 23.5 Å². The second-order valence-corrected chi connectivity index (χ2v) is 9.21. The molecule has 2 aliphatic heterocycles. The lowest BCUT2D eigenvalue weighted by Crippen LogP contribution is -2.54. The smallest absolute Gasteiger partial charge is 0.480 e. The summed E-state index contributed by atoms with van der Waals surface area (Å²) in [5.74, 6) is -3.43. The Balaban J connectivity index is 0.000000505. The van der Waals surface area contributed by atoms with Gasteiger partial charge in [-0.05, 0) is 42.7 Å². The average molecular weight is 536 g/mol. The van der Waals surface area contributed by atoms with E-state index >= 15 is 0 Å². The molecule has 0 saturated carbocycles. The number of nitrogen functional groups attached to an aromatic ring is 1. The lowest BCUT2D eigenvalue weighted by molar-refractivity contribution is -0.192. The minimum absolute atomic E-state index is 0.0973. The van der Waals surface area contributed by atoms with Gasteiger partial charge in [0, 0.05) is 56.6 Å². The second kappa shape index (κ2) is 12.7. The zero-order chi connectivity index (χ0) is 27.9. The Bertz CT molecular complexity index is 1080. The zero-order valence-corrected chi connectivity index (χ0v) is 20.8. The number of aliphatic carboxylic acids is 2. The molecule has 0 bridgehead atoms. The summed E-state index contributed by atoms with van der Waals surface area (Å²) >= 11 is 0. The van der Waals surface area contributed by atoms with Crippen molar-refractivity contribution in [1.82, 2.24) is 9.80 Å². The van der Waals surface area contributed by atoms with Crippen LogP contribution in [-0.2, 0) is 9.59 Å². The van der Waals surface area contributed by atoms with Crippen LogP contribution in [0.5, 0.6) is 0 Å². The molecule has 206 valence electrons. The number of anilines is 1. The quantitative estimate of drug-likeness (QED) is 0.328. The first-order valence-corrected chi connectivity index (χ1v) is 12.2. The maximum atomic E-state index is 11.9. The van der Waals surface area contributed by atoms with E-state index in [0.717, 1.165) is 63.2 Å². The van der Waals surface area contributed by atoms with Crippen molar-refractivity contribution in [1.29, 1.82) is 5.41 Å². The highest BCUT2D eigenvalue weighted by Gasteiger charge is 2.38. The number of rotatable bonds is 6. The molecule has 0 spiro atoms. The van der Waals surface area contributed by atoms with Crippen LogP contribution in [0.4, 0.5) is 18.9 Å². The van der Waals surface area contributed by atoms with Crippen molar-refractivity contribution in [2.45, 2.75) is 31.1 Å². The summed E-state index contributed by atoms with van der Waals surface area (Å²) in [5.41, 5.74) is 8.33. The summed E-state index contributed by atoms with van der Waals surface area (Å²) in [6, 6.07) is 17.4. The highest BCUT2D eigenvalue weighted by molar-refractivity contribution is 5.95. The molecule has 2 heterocycles. The van der Waals surface area contributed by atoms with Crippen LogP contribution in [0, 0.1) is 5.41 Å². The molecule has 2 saturated heterocycles. The number of hydrogen-bond acceptors (Lipinski definition) is 6. The van der Waals surface area contributed by atoms with Crippen molar-refractivity contribution in [3.8, 4) is 0 Å². The maximum absolute atomic E-state index is 11.9. The van der Waals surface area contributed by atoms with Crippen molar-refractivity contribution in [3.05, 3.63) is 65.7 Å². The van der Waals surface area contributed by atoms with Gasteiger partial charge in [-0.2, -0.15) is 13.2 Å². The van der Waals surface area contributed by atoms with Gasteiger partial charge in [-0.1, -0.05) is 30.3 Å². The Labute approximate surface area is 218 Å².